The van der Waals surface area contributed by atoms with Gasteiger partial charge < -0.3 is 9.47 Å². The van der Waals surface area contributed by atoms with Crippen molar-refractivity contribution < 1.29 is 27.6 Å². The predicted octanol–water partition coefficient (Wildman–Crippen LogP) is 7.70. The standard InChI is InChI=1S/C30H41O6P/c1-5-34-37(31,35-6-2)36-29-15-14-26-24-13-12-22-18-28(33-20-21-10-8-7-9-11-21)27(32-4)19-25(22)23(24)16-17-30(26,29)3/h7-11,18-19,23-24,26,29H,5-6,12-17,20H2,1-4H3/t23-,24+,26-,29-,30-/m0/s1. The highest BCUT2D eigenvalue weighted by Crippen LogP contribution is 2.65. The predicted molar refractivity (Wildman–Crippen MR) is 144 cm³/mol. The van der Waals surface area contributed by atoms with Gasteiger partial charge in [0.1, 0.15) is 6.61 Å². The van der Waals surface area contributed by atoms with E-state index in [9.17, 15) is 4.57 Å². The van der Waals surface area contributed by atoms with Gasteiger partial charge in [-0.3, -0.25) is 13.6 Å². The summed E-state index contributed by atoms with van der Waals surface area (Å²) in [6.07, 6.45) is 6.20. The van der Waals surface area contributed by atoms with Gasteiger partial charge in [0.2, 0.25) is 0 Å². The highest BCUT2D eigenvalue weighted by molar-refractivity contribution is 7.48. The number of benzene rings is 2. The van der Waals surface area contributed by atoms with Gasteiger partial charge in [-0.15, -0.1) is 0 Å². The molecule has 0 bridgehead atoms. The van der Waals surface area contributed by atoms with Crippen LogP contribution in [0.2, 0.25) is 0 Å². The quantitative estimate of drug-likeness (QED) is 0.295. The van der Waals surface area contributed by atoms with Crippen LogP contribution in [-0.2, 0) is 31.2 Å². The number of phosphoric ester groups is 1. The number of phosphoric acid groups is 1. The van der Waals surface area contributed by atoms with Crippen LogP contribution in [0.15, 0.2) is 42.5 Å². The summed E-state index contributed by atoms with van der Waals surface area (Å²) in [7, 11) is -1.81. The van der Waals surface area contributed by atoms with Gasteiger partial charge in [-0.1, -0.05) is 37.3 Å². The van der Waals surface area contributed by atoms with E-state index >= 15 is 0 Å². The van der Waals surface area contributed by atoms with Gasteiger partial charge in [-0.2, -0.15) is 0 Å². The first kappa shape index (κ1) is 26.7. The zero-order chi connectivity index (χ0) is 26.0. The van der Waals surface area contributed by atoms with Gasteiger partial charge in [-0.25, -0.2) is 4.57 Å². The molecule has 2 aromatic carbocycles. The van der Waals surface area contributed by atoms with Crippen LogP contribution in [0.4, 0.5) is 0 Å². The van der Waals surface area contributed by atoms with Crippen molar-refractivity contribution in [1.82, 2.24) is 0 Å². The molecule has 202 valence electrons. The molecule has 0 spiro atoms. The van der Waals surface area contributed by atoms with E-state index < -0.39 is 7.82 Å². The Morgan fingerprint density at radius 2 is 1.73 bits per heavy atom. The van der Waals surface area contributed by atoms with E-state index in [1.807, 2.05) is 32.0 Å². The van der Waals surface area contributed by atoms with Crippen LogP contribution < -0.4 is 9.47 Å². The summed E-state index contributed by atoms with van der Waals surface area (Å²) < 4.78 is 42.3. The van der Waals surface area contributed by atoms with E-state index in [2.05, 4.69) is 31.2 Å². The van der Waals surface area contributed by atoms with Crippen LogP contribution in [-0.4, -0.2) is 26.4 Å². The third kappa shape index (κ3) is 5.23. The summed E-state index contributed by atoms with van der Waals surface area (Å²) in [4.78, 5) is 0. The summed E-state index contributed by atoms with van der Waals surface area (Å²) in [5.41, 5.74) is 3.92. The Morgan fingerprint density at radius 3 is 2.43 bits per heavy atom. The molecule has 0 amide bonds. The third-order valence-electron chi connectivity index (χ3n) is 8.99. The van der Waals surface area contributed by atoms with Crippen LogP contribution in [0, 0.1) is 17.3 Å². The average Bonchev–Trinajstić information content (AvgIpc) is 3.23. The molecule has 37 heavy (non-hydrogen) atoms. The zero-order valence-corrected chi connectivity index (χ0v) is 23.5. The smallest absolute Gasteiger partial charge is 0.475 e. The van der Waals surface area contributed by atoms with Crippen molar-refractivity contribution in [3.8, 4) is 11.5 Å². The monoisotopic (exact) mass is 528 g/mol. The van der Waals surface area contributed by atoms with Crippen molar-refractivity contribution in [1.29, 1.82) is 0 Å². The Labute approximate surface area is 221 Å². The van der Waals surface area contributed by atoms with Gasteiger partial charge >= 0.3 is 7.82 Å². The van der Waals surface area contributed by atoms with Gasteiger partial charge in [0, 0.05) is 0 Å². The Kier molecular flexibility index (Phi) is 8.02. The summed E-state index contributed by atoms with van der Waals surface area (Å²) >= 11 is 0. The number of fused-ring (bicyclic) bond motifs is 5. The highest BCUT2D eigenvalue weighted by Gasteiger charge is 2.57. The molecule has 0 radical (unpaired) electrons. The van der Waals surface area contributed by atoms with Crippen LogP contribution in [0.5, 0.6) is 11.5 Å². The zero-order valence-electron chi connectivity index (χ0n) is 22.6. The fourth-order valence-electron chi connectivity index (χ4n) is 7.28. The second kappa shape index (κ2) is 11.1. The number of rotatable bonds is 10. The summed E-state index contributed by atoms with van der Waals surface area (Å²) in [6, 6.07) is 14.7. The van der Waals surface area contributed by atoms with Crippen molar-refractivity contribution in [2.24, 2.45) is 17.3 Å². The molecule has 0 heterocycles. The normalized spacial score (nSPS) is 28.8. The van der Waals surface area contributed by atoms with E-state index in [0.29, 0.717) is 37.6 Å². The Balaban J connectivity index is 1.34. The fraction of sp³-hybridized carbons (Fsp3) is 0.600. The van der Waals surface area contributed by atoms with Crippen molar-refractivity contribution in [2.45, 2.75) is 77.9 Å². The minimum atomic E-state index is -3.54. The summed E-state index contributed by atoms with van der Waals surface area (Å²) in [5.74, 6) is 3.25. The third-order valence-corrected chi connectivity index (χ3v) is 10.7. The fourth-order valence-corrected chi connectivity index (χ4v) is 8.77. The first-order valence-electron chi connectivity index (χ1n) is 13.9. The lowest BCUT2D eigenvalue weighted by Gasteiger charge is -2.50. The van der Waals surface area contributed by atoms with Crippen LogP contribution in [0.3, 0.4) is 0 Å². The summed E-state index contributed by atoms with van der Waals surface area (Å²) in [5, 5.41) is 0. The SMILES string of the molecule is CCOP(=O)(OCC)O[C@H]1CC[C@H]2[C@@H]3CCc4cc(OCc5ccccc5)c(OC)cc4[C@H]3CC[C@]12C. The minimum Gasteiger partial charge on any atom is -0.493 e. The molecule has 2 fully saturated rings. The van der Waals surface area contributed by atoms with E-state index in [-0.39, 0.29) is 11.5 Å². The number of methoxy groups -OCH3 is 1. The average molecular weight is 529 g/mol. The van der Waals surface area contributed by atoms with Crippen molar-refractivity contribution in [2.75, 3.05) is 20.3 Å². The molecule has 5 rings (SSSR count). The van der Waals surface area contributed by atoms with Crippen molar-refractivity contribution in [3.05, 3.63) is 59.2 Å². The number of hydrogen-bond acceptors (Lipinski definition) is 6. The lowest BCUT2D eigenvalue weighted by Crippen LogP contribution is -2.44. The van der Waals surface area contributed by atoms with Crippen LogP contribution >= 0.6 is 7.82 Å². The maximum Gasteiger partial charge on any atom is 0.475 e. The van der Waals surface area contributed by atoms with Crippen LogP contribution in [0.1, 0.15) is 75.5 Å². The van der Waals surface area contributed by atoms with E-state index in [0.717, 1.165) is 55.6 Å². The van der Waals surface area contributed by atoms with Crippen molar-refractivity contribution >= 4 is 7.82 Å². The van der Waals surface area contributed by atoms with Gasteiger partial charge in [-0.05, 0) is 104 Å². The molecule has 5 atom stereocenters. The molecule has 0 aliphatic heterocycles. The topological polar surface area (TPSA) is 63.2 Å². The maximum atomic E-state index is 13.2. The van der Waals surface area contributed by atoms with Gasteiger partial charge in [0.15, 0.2) is 11.5 Å². The second-order valence-corrected chi connectivity index (χ2v) is 12.5. The van der Waals surface area contributed by atoms with Crippen LogP contribution in [0.25, 0.3) is 0 Å². The first-order chi connectivity index (χ1) is 17.9. The Morgan fingerprint density at radius 1 is 0.973 bits per heavy atom. The molecule has 0 saturated heterocycles. The molecular formula is C30H41O6P. The highest BCUT2D eigenvalue weighted by atomic mass is 31.2. The molecule has 0 aromatic heterocycles. The van der Waals surface area contributed by atoms with E-state index in [4.69, 9.17) is 23.0 Å². The molecule has 3 aliphatic carbocycles. The number of hydrogen-bond donors (Lipinski definition) is 0. The number of ether oxygens (including phenoxy) is 2. The lowest BCUT2D eigenvalue weighted by molar-refractivity contribution is -0.0294. The second-order valence-electron chi connectivity index (χ2n) is 10.9. The van der Waals surface area contributed by atoms with Crippen molar-refractivity contribution in [3.63, 3.8) is 0 Å². The molecule has 2 saturated carbocycles. The summed E-state index contributed by atoms with van der Waals surface area (Å²) in [6.45, 7) is 7.13. The molecule has 3 aliphatic rings. The molecule has 0 unspecified atom stereocenters. The molecule has 2 aromatic rings. The first-order valence-corrected chi connectivity index (χ1v) is 15.3. The molecule has 0 N–H and O–H groups in total. The lowest BCUT2D eigenvalue weighted by atomic mass is 9.55. The Bertz CT molecular complexity index is 1110. The molecular weight excluding hydrogens is 487 g/mol. The van der Waals surface area contributed by atoms with E-state index in [1.54, 1.807) is 7.11 Å². The maximum absolute atomic E-state index is 13.2. The number of aryl methyl sites for hydroxylation is 1. The largest absolute Gasteiger partial charge is 0.493 e. The van der Waals surface area contributed by atoms with E-state index in [1.165, 1.54) is 11.1 Å². The molecule has 6 nitrogen and oxygen atoms in total. The minimum absolute atomic E-state index is 0.0225. The molecule has 7 heteroatoms. The van der Waals surface area contributed by atoms with Gasteiger partial charge in [0.05, 0.1) is 26.4 Å². The van der Waals surface area contributed by atoms with Gasteiger partial charge in [0.25, 0.3) is 0 Å². The Hall–Kier alpha value is -1.85.